The Bertz CT molecular complexity index is 758. The summed E-state index contributed by atoms with van der Waals surface area (Å²) in [6.45, 7) is 4.05. The van der Waals surface area contributed by atoms with Gasteiger partial charge in [-0.3, -0.25) is 9.59 Å². The van der Waals surface area contributed by atoms with Gasteiger partial charge in [0.25, 0.3) is 11.5 Å². The summed E-state index contributed by atoms with van der Waals surface area (Å²) in [5.41, 5.74) is 0.707. The van der Waals surface area contributed by atoms with Gasteiger partial charge in [0.1, 0.15) is 17.3 Å². The van der Waals surface area contributed by atoms with Gasteiger partial charge in [-0.05, 0) is 19.8 Å². The van der Waals surface area contributed by atoms with Crippen LogP contribution in [-0.4, -0.2) is 27.4 Å². The van der Waals surface area contributed by atoms with Gasteiger partial charge in [0.2, 0.25) is 0 Å². The molecule has 2 aromatic rings. The Kier molecular flexibility index (Phi) is 3.79. The molecule has 1 saturated carbocycles. The van der Waals surface area contributed by atoms with Crippen molar-refractivity contribution >= 4 is 5.91 Å². The van der Waals surface area contributed by atoms with Crippen molar-refractivity contribution in [2.45, 2.75) is 39.0 Å². The standard InChI is InChI=1S/C15H18N4O3/c1-8-11(17-9(2)22-8)5-6-16-15(21)12-7-13(20)19-14(18-12)10-3-4-10/h7,10H,3-6H2,1-2H3,(H,16,21)(H,18,19,20). The number of rotatable bonds is 5. The fourth-order valence-electron chi connectivity index (χ4n) is 2.33. The third-order valence-electron chi connectivity index (χ3n) is 3.60. The molecule has 1 amide bonds. The van der Waals surface area contributed by atoms with E-state index in [1.807, 2.05) is 6.92 Å². The molecule has 0 unspecified atom stereocenters. The van der Waals surface area contributed by atoms with E-state index in [-0.39, 0.29) is 17.2 Å². The molecule has 7 heteroatoms. The van der Waals surface area contributed by atoms with Crippen LogP contribution >= 0.6 is 0 Å². The van der Waals surface area contributed by atoms with Crippen LogP contribution < -0.4 is 10.9 Å². The number of H-pyrrole nitrogens is 1. The van der Waals surface area contributed by atoms with E-state index in [9.17, 15) is 9.59 Å². The van der Waals surface area contributed by atoms with Gasteiger partial charge in [-0.2, -0.15) is 0 Å². The molecule has 0 saturated heterocycles. The van der Waals surface area contributed by atoms with E-state index in [0.717, 1.165) is 24.3 Å². The second-order valence-electron chi connectivity index (χ2n) is 5.53. The van der Waals surface area contributed by atoms with Gasteiger partial charge < -0.3 is 14.7 Å². The Morgan fingerprint density at radius 2 is 2.18 bits per heavy atom. The lowest BCUT2D eigenvalue weighted by Gasteiger charge is -2.05. The van der Waals surface area contributed by atoms with E-state index in [1.165, 1.54) is 6.07 Å². The Balaban J connectivity index is 1.62. The van der Waals surface area contributed by atoms with Crippen LogP contribution in [0, 0.1) is 13.8 Å². The van der Waals surface area contributed by atoms with Crippen molar-refractivity contribution in [2.75, 3.05) is 6.54 Å². The van der Waals surface area contributed by atoms with E-state index in [1.54, 1.807) is 6.92 Å². The number of nitrogens with zero attached hydrogens (tertiary/aromatic N) is 2. The Labute approximate surface area is 127 Å². The summed E-state index contributed by atoms with van der Waals surface area (Å²) >= 11 is 0. The summed E-state index contributed by atoms with van der Waals surface area (Å²) in [6, 6.07) is 1.23. The quantitative estimate of drug-likeness (QED) is 0.865. The Morgan fingerprint density at radius 3 is 2.82 bits per heavy atom. The number of nitrogens with one attached hydrogen (secondary N) is 2. The van der Waals surface area contributed by atoms with Crippen molar-refractivity contribution < 1.29 is 9.21 Å². The van der Waals surface area contributed by atoms with Gasteiger partial charge in [-0.1, -0.05) is 0 Å². The molecular formula is C15H18N4O3. The van der Waals surface area contributed by atoms with Crippen LogP contribution in [0.1, 0.15) is 52.4 Å². The number of carbonyl (C=O) groups is 1. The van der Waals surface area contributed by atoms with Crippen LogP contribution in [0.2, 0.25) is 0 Å². The van der Waals surface area contributed by atoms with Crippen molar-refractivity contribution in [3.05, 3.63) is 45.3 Å². The van der Waals surface area contributed by atoms with Crippen LogP contribution in [0.25, 0.3) is 0 Å². The normalized spacial score (nSPS) is 14.1. The lowest BCUT2D eigenvalue weighted by atomic mass is 10.2. The summed E-state index contributed by atoms with van der Waals surface area (Å²) in [6.07, 6.45) is 2.60. The number of carbonyl (C=O) groups excluding carboxylic acids is 1. The van der Waals surface area contributed by atoms with Crippen LogP contribution in [0.15, 0.2) is 15.3 Å². The fourth-order valence-corrected chi connectivity index (χ4v) is 2.33. The molecule has 2 heterocycles. The first-order valence-electron chi connectivity index (χ1n) is 7.35. The van der Waals surface area contributed by atoms with Gasteiger partial charge in [0.05, 0.1) is 5.69 Å². The van der Waals surface area contributed by atoms with Crippen molar-refractivity contribution in [2.24, 2.45) is 0 Å². The molecule has 0 aliphatic heterocycles. The minimum Gasteiger partial charge on any atom is -0.446 e. The Morgan fingerprint density at radius 1 is 1.41 bits per heavy atom. The molecule has 0 spiro atoms. The zero-order chi connectivity index (χ0) is 15.7. The van der Waals surface area contributed by atoms with Gasteiger partial charge in [-0.15, -0.1) is 0 Å². The van der Waals surface area contributed by atoms with Gasteiger partial charge in [0, 0.05) is 31.9 Å². The molecule has 2 aromatic heterocycles. The molecule has 1 fully saturated rings. The first-order chi connectivity index (χ1) is 10.5. The highest BCUT2D eigenvalue weighted by atomic mass is 16.4. The summed E-state index contributed by atoms with van der Waals surface area (Å²) in [5, 5.41) is 2.76. The highest BCUT2D eigenvalue weighted by Gasteiger charge is 2.27. The van der Waals surface area contributed by atoms with Crippen molar-refractivity contribution in [3.8, 4) is 0 Å². The smallest absolute Gasteiger partial charge is 0.270 e. The molecule has 116 valence electrons. The minimum atomic E-state index is -0.342. The largest absolute Gasteiger partial charge is 0.446 e. The first kappa shape index (κ1) is 14.5. The SMILES string of the molecule is Cc1nc(CCNC(=O)c2cc(=O)[nH]c(C3CC3)n2)c(C)o1. The van der Waals surface area contributed by atoms with Crippen molar-refractivity contribution in [1.29, 1.82) is 0 Å². The van der Waals surface area contributed by atoms with E-state index in [2.05, 4.69) is 20.3 Å². The highest BCUT2D eigenvalue weighted by Crippen LogP contribution is 2.37. The summed E-state index contributed by atoms with van der Waals surface area (Å²) < 4.78 is 5.34. The topological polar surface area (TPSA) is 101 Å². The average Bonchev–Trinajstić information content (AvgIpc) is 3.25. The molecule has 0 atom stereocenters. The average molecular weight is 302 g/mol. The van der Waals surface area contributed by atoms with E-state index in [4.69, 9.17) is 4.42 Å². The lowest BCUT2D eigenvalue weighted by molar-refractivity contribution is 0.0948. The Hall–Kier alpha value is -2.44. The maximum absolute atomic E-state index is 12.1. The summed E-state index contributed by atoms with van der Waals surface area (Å²) in [5.74, 6) is 1.94. The molecular weight excluding hydrogens is 284 g/mol. The molecule has 1 aliphatic carbocycles. The number of hydrogen-bond acceptors (Lipinski definition) is 5. The molecule has 3 rings (SSSR count). The molecule has 2 N–H and O–H groups in total. The second kappa shape index (κ2) is 5.75. The van der Waals surface area contributed by atoms with E-state index >= 15 is 0 Å². The van der Waals surface area contributed by atoms with Crippen LogP contribution in [0.5, 0.6) is 0 Å². The number of amides is 1. The number of aryl methyl sites for hydroxylation is 2. The number of oxazole rings is 1. The van der Waals surface area contributed by atoms with Crippen LogP contribution in [0.4, 0.5) is 0 Å². The highest BCUT2D eigenvalue weighted by molar-refractivity contribution is 5.92. The number of aromatic amines is 1. The molecule has 1 aliphatic rings. The van der Waals surface area contributed by atoms with Crippen LogP contribution in [0.3, 0.4) is 0 Å². The predicted octanol–water partition coefficient (Wildman–Crippen LogP) is 1.22. The maximum Gasteiger partial charge on any atom is 0.270 e. The molecule has 0 aromatic carbocycles. The van der Waals surface area contributed by atoms with Gasteiger partial charge in [-0.25, -0.2) is 9.97 Å². The van der Waals surface area contributed by atoms with Crippen LogP contribution in [-0.2, 0) is 6.42 Å². The second-order valence-corrected chi connectivity index (χ2v) is 5.53. The summed E-state index contributed by atoms with van der Waals surface area (Å²) in [7, 11) is 0. The number of hydrogen-bond donors (Lipinski definition) is 2. The number of aromatic nitrogens is 3. The van der Waals surface area contributed by atoms with Crippen molar-refractivity contribution in [1.82, 2.24) is 20.3 Å². The third kappa shape index (κ3) is 3.24. The zero-order valence-electron chi connectivity index (χ0n) is 12.6. The minimum absolute atomic E-state index is 0.165. The van der Waals surface area contributed by atoms with Gasteiger partial charge >= 0.3 is 0 Å². The lowest BCUT2D eigenvalue weighted by Crippen LogP contribution is -2.28. The molecule has 22 heavy (non-hydrogen) atoms. The van der Waals surface area contributed by atoms with E-state index < -0.39 is 0 Å². The third-order valence-corrected chi connectivity index (χ3v) is 3.60. The molecule has 7 nitrogen and oxygen atoms in total. The monoisotopic (exact) mass is 302 g/mol. The maximum atomic E-state index is 12.1. The molecule has 0 radical (unpaired) electrons. The van der Waals surface area contributed by atoms with Crippen molar-refractivity contribution in [3.63, 3.8) is 0 Å². The zero-order valence-corrected chi connectivity index (χ0v) is 12.6. The summed E-state index contributed by atoms with van der Waals surface area (Å²) in [4.78, 5) is 34.9. The van der Waals surface area contributed by atoms with E-state index in [0.29, 0.717) is 30.6 Å². The predicted molar refractivity (Wildman–Crippen MR) is 78.8 cm³/mol. The van der Waals surface area contributed by atoms with Gasteiger partial charge in [0.15, 0.2) is 5.89 Å². The molecule has 0 bridgehead atoms. The fraction of sp³-hybridized carbons (Fsp3) is 0.467. The first-order valence-corrected chi connectivity index (χ1v) is 7.35.